The van der Waals surface area contributed by atoms with Gasteiger partial charge < -0.3 is 31.3 Å². The van der Waals surface area contributed by atoms with E-state index in [9.17, 15) is 38.7 Å². The Labute approximate surface area is 300 Å². The van der Waals surface area contributed by atoms with Crippen LogP contribution in [0, 0.1) is 11.3 Å². The van der Waals surface area contributed by atoms with Crippen LogP contribution in [0.2, 0.25) is 0 Å². The molecule has 1 heterocycles. The van der Waals surface area contributed by atoms with E-state index in [2.05, 4.69) is 21.3 Å². The highest BCUT2D eigenvalue weighted by molar-refractivity contribution is 6.12. The van der Waals surface area contributed by atoms with Gasteiger partial charge >= 0.3 is 5.97 Å². The molecule has 14 nitrogen and oxygen atoms in total. The van der Waals surface area contributed by atoms with Crippen molar-refractivity contribution in [3.8, 4) is 0 Å². The van der Waals surface area contributed by atoms with Crippen molar-refractivity contribution in [3.63, 3.8) is 0 Å². The Bertz CT molecular complexity index is 1510. The van der Waals surface area contributed by atoms with Gasteiger partial charge in [0.1, 0.15) is 12.1 Å². The Kier molecular flexibility index (Phi) is 14.8. The number of nitrogens with one attached hydrogen (secondary N) is 4. The first-order chi connectivity index (χ1) is 23.6. The number of nitrogens with zero attached hydrogens (tertiary/aromatic N) is 2. The number of carboxylic acids is 1. The summed E-state index contributed by atoms with van der Waals surface area (Å²) in [7, 11) is 3.29. The summed E-state index contributed by atoms with van der Waals surface area (Å²) in [6.07, 6.45) is 3.06. The lowest BCUT2D eigenvalue weighted by atomic mass is 9.76. The maximum atomic E-state index is 14.2. The molecule has 0 aromatic heterocycles. The fraction of sp³-hybridized carbons (Fsp3) is 0.541. The predicted octanol–water partition coefficient (Wildman–Crippen LogP) is 1.51. The first-order valence-corrected chi connectivity index (χ1v) is 17.0. The first-order valence-electron chi connectivity index (χ1n) is 17.0. The molecule has 0 spiro atoms. The van der Waals surface area contributed by atoms with Gasteiger partial charge in [-0.15, -0.1) is 0 Å². The second-order valence-electron chi connectivity index (χ2n) is 14.7. The van der Waals surface area contributed by atoms with Crippen LogP contribution in [-0.4, -0.2) is 108 Å². The molecule has 0 unspecified atom stereocenters. The molecule has 1 aliphatic heterocycles. The van der Waals surface area contributed by atoms with Crippen molar-refractivity contribution < 1.29 is 38.7 Å². The van der Waals surface area contributed by atoms with E-state index in [-0.39, 0.29) is 36.4 Å². The lowest BCUT2D eigenvalue weighted by molar-refractivity contribution is -0.141. The summed E-state index contributed by atoms with van der Waals surface area (Å²) < 4.78 is 0. The number of amides is 6. The molecule has 1 aromatic carbocycles. The minimum atomic E-state index is -1.46. The highest BCUT2D eigenvalue weighted by Gasteiger charge is 2.41. The summed E-state index contributed by atoms with van der Waals surface area (Å²) in [6.45, 7) is 14.4. The van der Waals surface area contributed by atoms with Crippen molar-refractivity contribution in [2.24, 2.45) is 11.3 Å². The maximum absolute atomic E-state index is 14.2. The van der Waals surface area contributed by atoms with E-state index in [1.807, 2.05) is 78.8 Å². The van der Waals surface area contributed by atoms with Crippen LogP contribution in [0.3, 0.4) is 0 Å². The summed E-state index contributed by atoms with van der Waals surface area (Å²) in [6, 6.07) is 5.92. The molecule has 0 saturated carbocycles. The van der Waals surface area contributed by atoms with E-state index >= 15 is 0 Å². The van der Waals surface area contributed by atoms with Gasteiger partial charge in [-0.05, 0) is 30.9 Å². The number of benzene rings is 1. The third-order valence-electron chi connectivity index (χ3n) is 8.98. The minimum absolute atomic E-state index is 0.129. The van der Waals surface area contributed by atoms with Gasteiger partial charge in [0.05, 0.1) is 18.5 Å². The SMILES string of the molecule is CN[C@H](C(=O)N[C@H](C(=O)N(C)[C@H](/C=C(\C)C(=O)N[C@H](CC(=O)O)C(=O)NCCN1C(=O)C=CC1=O)C(C)C)C(C)(C)C)C(C)(C)c1ccccc1. The van der Waals surface area contributed by atoms with E-state index in [1.165, 1.54) is 11.8 Å². The minimum Gasteiger partial charge on any atom is -0.481 e. The summed E-state index contributed by atoms with van der Waals surface area (Å²) in [4.78, 5) is 91.6. The smallest absolute Gasteiger partial charge is 0.305 e. The molecule has 0 aliphatic carbocycles. The van der Waals surface area contributed by atoms with Gasteiger partial charge in [0.2, 0.25) is 23.6 Å². The zero-order valence-corrected chi connectivity index (χ0v) is 31.3. The normalized spacial score (nSPS) is 16.0. The summed E-state index contributed by atoms with van der Waals surface area (Å²) >= 11 is 0. The highest BCUT2D eigenvalue weighted by Crippen LogP contribution is 2.29. The molecule has 1 aromatic rings. The Morgan fingerprint density at radius 1 is 0.902 bits per heavy atom. The summed E-state index contributed by atoms with van der Waals surface area (Å²) in [5.41, 5.74) is -0.238. The molecule has 5 N–H and O–H groups in total. The van der Waals surface area contributed by atoms with E-state index in [0.717, 1.165) is 22.6 Å². The Hall–Kier alpha value is -4.85. The van der Waals surface area contributed by atoms with E-state index in [1.54, 1.807) is 20.2 Å². The predicted molar refractivity (Wildman–Crippen MR) is 192 cm³/mol. The van der Waals surface area contributed by atoms with Crippen molar-refractivity contribution in [2.75, 3.05) is 27.2 Å². The van der Waals surface area contributed by atoms with Crippen molar-refractivity contribution in [1.29, 1.82) is 0 Å². The number of carbonyl (C=O) groups excluding carboxylic acids is 6. The van der Waals surface area contributed by atoms with Crippen LogP contribution in [0.5, 0.6) is 0 Å². The van der Waals surface area contributed by atoms with Crippen molar-refractivity contribution >= 4 is 41.4 Å². The third-order valence-corrected chi connectivity index (χ3v) is 8.98. The van der Waals surface area contributed by atoms with Crippen LogP contribution >= 0.6 is 0 Å². The lowest BCUT2D eigenvalue weighted by Gasteiger charge is -2.40. The number of rotatable bonds is 17. The number of hydrogen-bond donors (Lipinski definition) is 5. The molecular formula is C37H54N6O8. The summed E-state index contributed by atoms with van der Waals surface area (Å²) in [5.74, 6) is -4.84. The average molecular weight is 711 g/mol. The van der Waals surface area contributed by atoms with Crippen LogP contribution in [0.15, 0.2) is 54.1 Å². The quantitative estimate of drug-likeness (QED) is 0.118. The average Bonchev–Trinajstić information content (AvgIpc) is 3.37. The molecule has 0 radical (unpaired) electrons. The zero-order valence-electron chi connectivity index (χ0n) is 31.3. The Morgan fingerprint density at radius 3 is 1.96 bits per heavy atom. The molecule has 6 amide bonds. The molecule has 0 fully saturated rings. The molecule has 280 valence electrons. The number of hydrogen-bond acceptors (Lipinski definition) is 8. The number of aliphatic carboxylic acids is 1. The molecular weight excluding hydrogens is 656 g/mol. The van der Waals surface area contributed by atoms with E-state index in [0.29, 0.717) is 0 Å². The van der Waals surface area contributed by atoms with Gasteiger partial charge in [0.25, 0.3) is 11.8 Å². The third kappa shape index (κ3) is 11.3. The largest absolute Gasteiger partial charge is 0.481 e. The highest BCUT2D eigenvalue weighted by atomic mass is 16.4. The standard InChI is InChI=1S/C37H54N6O8/c1-22(2)26(20-23(3)32(48)40-25(21-29(46)47)33(49)39-18-19-43-27(44)16-17-28(43)45)42(10)35(51)31(36(4,5)6)41-34(50)30(38-9)37(7,8)24-14-12-11-13-15-24/h11-17,20,22,25-26,30-31,38H,18-19,21H2,1-10H3,(H,39,49)(H,40,48)(H,41,50)(H,46,47)/b23-20+/t25-,26-,30-,31-/m1/s1. The van der Waals surface area contributed by atoms with Crippen LogP contribution < -0.4 is 21.3 Å². The molecule has 0 saturated heterocycles. The first kappa shape index (κ1) is 42.3. The van der Waals surface area contributed by atoms with Crippen LogP contribution in [0.1, 0.15) is 67.4 Å². The van der Waals surface area contributed by atoms with E-state index in [4.69, 9.17) is 0 Å². The van der Waals surface area contributed by atoms with Gasteiger partial charge in [0, 0.05) is 43.3 Å². The van der Waals surface area contributed by atoms with Crippen LogP contribution in [0.25, 0.3) is 0 Å². The van der Waals surface area contributed by atoms with Crippen molar-refractivity contribution in [3.05, 3.63) is 59.7 Å². The molecule has 2 rings (SSSR count). The van der Waals surface area contributed by atoms with Crippen molar-refractivity contribution in [2.45, 2.75) is 91.4 Å². The molecule has 14 heteroatoms. The fourth-order valence-corrected chi connectivity index (χ4v) is 5.88. The zero-order chi connectivity index (χ0) is 38.8. The van der Waals surface area contributed by atoms with Gasteiger partial charge in [-0.2, -0.15) is 0 Å². The summed E-state index contributed by atoms with van der Waals surface area (Å²) in [5, 5.41) is 20.4. The van der Waals surface area contributed by atoms with Gasteiger partial charge in [-0.1, -0.05) is 84.9 Å². The van der Waals surface area contributed by atoms with Gasteiger partial charge in [-0.25, -0.2) is 0 Å². The number of carbonyl (C=O) groups is 7. The second-order valence-corrected chi connectivity index (χ2v) is 14.7. The van der Waals surface area contributed by atoms with Crippen LogP contribution in [-0.2, 0) is 39.0 Å². The van der Waals surface area contributed by atoms with Crippen LogP contribution in [0.4, 0.5) is 0 Å². The molecule has 51 heavy (non-hydrogen) atoms. The second kappa shape index (κ2) is 17.9. The number of likely N-dealkylation sites (N-methyl/N-ethyl adjacent to an activating group) is 2. The fourth-order valence-electron chi connectivity index (χ4n) is 5.88. The number of imide groups is 1. The molecule has 4 atom stereocenters. The maximum Gasteiger partial charge on any atom is 0.305 e. The van der Waals surface area contributed by atoms with E-state index < -0.39 is 71.0 Å². The Morgan fingerprint density at radius 2 is 1.47 bits per heavy atom. The van der Waals surface area contributed by atoms with Gasteiger partial charge in [-0.3, -0.25) is 38.5 Å². The molecule has 1 aliphatic rings. The Balaban J connectivity index is 2.24. The van der Waals surface area contributed by atoms with Gasteiger partial charge in [0.15, 0.2) is 0 Å². The van der Waals surface area contributed by atoms with Crippen molar-refractivity contribution in [1.82, 2.24) is 31.1 Å². The lowest BCUT2D eigenvalue weighted by Crippen LogP contribution is -2.61. The topological polar surface area (TPSA) is 194 Å². The molecule has 0 bridgehead atoms. The monoisotopic (exact) mass is 710 g/mol. The number of carboxylic acid groups (broad SMARTS) is 1.